The Kier molecular flexibility index (Phi) is 5.74. The second-order valence-corrected chi connectivity index (χ2v) is 10.8. The van der Waals surface area contributed by atoms with Gasteiger partial charge in [0.25, 0.3) is 0 Å². The van der Waals surface area contributed by atoms with Gasteiger partial charge in [0.1, 0.15) is 6.04 Å². The fourth-order valence-electron chi connectivity index (χ4n) is 5.01. The van der Waals surface area contributed by atoms with Crippen LogP contribution >= 0.6 is 0 Å². The number of benzene rings is 1. The minimum Gasteiger partial charge on any atom is -0.390 e. The van der Waals surface area contributed by atoms with Crippen LogP contribution in [-0.4, -0.2) is 61.5 Å². The Morgan fingerprint density at radius 3 is 2.48 bits per heavy atom. The van der Waals surface area contributed by atoms with E-state index in [9.17, 15) is 13.2 Å². The first-order valence-corrected chi connectivity index (χ1v) is 12.1. The van der Waals surface area contributed by atoms with Crippen LogP contribution in [0.3, 0.4) is 0 Å². The summed E-state index contributed by atoms with van der Waals surface area (Å²) < 4.78 is 36.0. The van der Waals surface area contributed by atoms with Gasteiger partial charge < -0.3 is 9.32 Å². The van der Waals surface area contributed by atoms with E-state index in [1.165, 1.54) is 4.31 Å². The lowest BCUT2D eigenvalue weighted by atomic mass is 9.91. The summed E-state index contributed by atoms with van der Waals surface area (Å²) in [5, 5.41) is 6.29. The summed E-state index contributed by atoms with van der Waals surface area (Å²) in [6.45, 7) is 7.89. The third-order valence-electron chi connectivity index (χ3n) is 6.66. The summed E-state index contributed by atoms with van der Waals surface area (Å²) in [5.41, 5.74) is 3.75. The number of aromatic nitrogens is 2. The van der Waals surface area contributed by atoms with Gasteiger partial charge in [0.05, 0.1) is 5.69 Å². The van der Waals surface area contributed by atoms with Crippen molar-refractivity contribution in [3.05, 3.63) is 45.3 Å². The maximum absolute atomic E-state index is 13.9. The van der Waals surface area contributed by atoms with E-state index >= 15 is 0 Å². The van der Waals surface area contributed by atoms with E-state index in [1.54, 1.807) is 4.31 Å². The molecule has 0 amide bonds. The van der Waals surface area contributed by atoms with E-state index in [1.807, 2.05) is 47.0 Å². The van der Waals surface area contributed by atoms with E-state index in [4.69, 9.17) is 4.42 Å². The second kappa shape index (κ2) is 8.07. The molecule has 0 radical (unpaired) electrons. The average Bonchev–Trinajstić information content (AvgIpc) is 3.26. The van der Waals surface area contributed by atoms with Gasteiger partial charge in [-0.3, -0.25) is 0 Å². The molecule has 2 aliphatic rings. The second-order valence-electron chi connectivity index (χ2n) is 9.03. The van der Waals surface area contributed by atoms with E-state index < -0.39 is 22.0 Å². The molecule has 1 N–H and O–H groups in total. The zero-order valence-corrected chi connectivity index (χ0v) is 19.6. The first kappa shape index (κ1) is 22.0. The van der Waals surface area contributed by atoms with Crippen molar-refractivity contribution >= 4 is 15.9 Å². The van der Waals surface area contributed by atoms with Crippen molar-refractivity contribution in [1.82, 2.24) is 19.4 Å². The summed E-state index contributed by atoms with van der Waals surface area (Å²) >= 11 is 0. The highest BCUT2D eigenvalue weighted by atomic mass is 32.2. The van der Waals surface area contributed by atoms with E-state index in [0.717, 1.165) is 36.1 Å². The predicted molar refractivity (Wildman–Crippen MR) is 118 cm³/mol. The molecule has 2 unspecified atom stereocenters. The number of piperidine rings is 1. The Labute approximate surface area is 183 Å². The van der Waals surface area contributed by atoms with E-state index in [2.05, 4.69) is 15.1 Å². The van der Waals surface area contributed by atoms with Gasteiger partial charge in [-0.05, 0) is 69.5 Å². The highest BCUT2D eigenvalue weighted by molar-refractivity contribution is 7.90. The fraction of sp³-hybridized carbons (Fsp3) is 0.619. The summed E-state index contributed by atoms with van der Waals surface area (Å²) in [4.78, 5) is 13.8. The first-order chi connectivity index (χ1) is 14.6. The Bertz CT molecular complexity index is 1120. The zero-order chi connectivity index (χ0) is 22.5. The molecule has 1 saturated heterocycles. The number of hydrogen-bond donors (Lipinski definition) is 1. The molecule has 1 fully saturated rings. The first-order valence-electron chi connectivity index (χ1n) is 10.7. The molecule has 9 nitrogen and oxygen atoms in total. The number of nitrogens with zero attached hydrogens (tertiary/aromatic N) is 4. The van der Waals surface area contributed by atoms with Crippen LogP contribution in [0.15, 0.2) is 21.3 Å². The van der Waals surface area contributed by atoms with Crippen LogP contribution in [0, 0.1) is 19.8 Å². The molecule has 2 atom stereocenters. The number of aryl methyl sites for hydroxylation is 1. The number of nitrogens with one attached hydrogen (secondary N) is 1. The van der Waals surface area contributed by atoms with E-state index in [0.29, 0.717) is 24.7 Å². The third kappa shape index (κ3) is 3.81. The van der Waals surface area contributed by atoms with Crippen LogP contribution in [0.5, 0.6) is 0 Å². The summed E-state index contributed by atoms with van der Waals surface area (Å²) in [7, 11) is 0.239. The monoisotopic (exact) mass is 449 g/mol. The molecule has 2 aliphatic heterocycles. The molecule has 2 aromatic rings. The zero-order valence-electron chi connectivity index (χ0n) is 18.8. The number of anilines is 1. The normalized spacial score (nSPS) is 23.0. The lowest BCUT2D eigenvalue weighted by Gasteiger charge is -2.37. The Hall–Kier alpha value is -2.17. The molecular weight excluding hydrogens is 418 g/mol. The number of fused-ring (bicyclic) bond motifs is 1. The molecule has 0 bridgehead atoms. The van der Waals surface area contributed by atoms with Crippen molar-refractivity contribution in [3.8, 4) is 0 Å². The van der Waals surface area contributed by atoms with Crippen LogP contribution < -0.4 is 10.1 Å². The molecule has 3 heterocycles. The molecule has 1 aromatic heterocycles. The molecular formula is C21H31N5O4S. The lowest BCUT2D eigenvalue weighted by Crippen LogP contribution is -2.48. The van der Waals surface area contributed by atoms with Crippen molar-refractivity contribution < 1.29 is 12.8 Å². The maximum Gasteiger partial charge on any atom is 0.434 e. The van der Waals surface area contributed by atoms with Gasteiger partial charge in [0.15, 0.2) is 0 Å². The quantitative estimate of drug-likeness (QED) is 0.750. The molecule has 0 spiro atoms. The number of rotatable bonds is 5. The number of H-pyrrole nitrogens is 1. The lowest BCUT2D eigenvalue weighted by molar-refractivity contribution is 0.224. The maximum atomic E-state index is 13.9. The predicted octanol–water partition coefficient (Wildman–Crippen LogP) is 2.16. The molecule has 1 aromatic carbocycles. The summed E-state index contributed by atoms with van der Waals surface area (Å²) in [5.74, 6) is -0.316. The number of hydrogen-bond acceptors (Lipinski definition) is 6. The third-order valence-corrected chi connectivity index (χ3v) is 8.60. The topological polar surface area (TPSA) is 103 Å². The summed E-state index contributed by atoms with van der Waals surface area (Å²) in [6.07, 6.45) is 1.64. The van der Waals surface area contributed by atoms with Crippen molar-refractivity contribution in [1.29, 1.82) is 0 Å². The minimum atomic E-state index is -3.84. The van der Waals surface area contributed by atoms with Gasteiger partial charge in [-0.1, -0.05) is 13.0 Å². The molecule has 0 aliphatic carbocycles. The highest BCUT2D eigenvalue weighted by Gasteiger charge is 2.49. The van der Waals surface area contributed by atoms with Gasteiger partial charge >= 0.3 is 16.0 Å². The summed E-state index contributed by atoms with van der Waals surface area (Å²) in [6, 6.07) is 3.09. The van der Waals surface area contributed by atoms with Crippen molar-refractivity contribution in [2.24, 2.45) is 5.92 Å². The largest absolute Gasteiger partial charge is 0.434 e. The smallest absolute Gasteiger partial charge is 0.390 e. The Morgan fingerprint density at radius 2 is 1.90 bits per heavy atom. The molecule has 10 heteroatoms. The standard InChI is InChI=1S/C21H31N5O4S/c1-13-6-7-17-18(14(13)2)15(3)19(20-22-23-21(27)30-20)26(17)31(28,29)25-10-8-16(9-11-25)12-24(4)5/h6-7,15-16,19H,8-12H2,1-5H3,(H,23,27). The average molecular weight is 450 g/mol. The Morgan fingerprint density at radius 1 is 1.23 bits per heavy atom. The van der Waals surface area contributed by atoms with Gasteiger partial charge in [-0.2, -0.15) is 12.7 Å². The van der Waals surface area contributed by atoms with Crippen molar-refractivity contribution in [3.63, 3.8) is 0 Å². The van der Waals surface area contributed by atoms with Gasteiger partial charge in [0, 0.05) is 25.6 Å². The van der Waals surface area contributed by atoms with Gasteiger partial charge in [-0.25, -0.2) is 14.2 Å². The number of aromatic amines is 1. The fourth-order valence-corrected chi connectivity index (χ4v) is 6.90. The van der Waals surface area contributed by atoms with Crippen molar-refractivity contribution in [2.45, 2.75) is 45.6 Å². The van der Waals surface area contributed by atoms with Crippen LogP contribution in [-0.2, 0) is 10.2 Å². The SMILES string of the molecule is Cc1ccc2c(c1C)C(C)C(c1n[nH]c(=O)o1)N2S(=O)(=O)N1CCC(CN(C)C)CC1. The Balaban J connectivity index is 1.74. The van der Waals surface area contributed by atoms with Crippen LogP contribution in [0.1, 0.15) is 54.3 Å². The highest BCUT2D eigenvalue weighted by Crippen LogP contribution is 2.52. The van der Waals surface area contributed by atoms with Gasteiger partial charge in [-0.15, -0.1) is 5.10 Å². The van der Waals surface area contributed by atoms with E-state index in [-0.39, 0.29) is 11.8 Å². The van der Waals surface area contributed by atoms with Crippen LogP contribution in [0.4, 0.5) is 5.69 Å². The molecule has 0 saturated carbocycles. The minimum absolute atomic E-state index is 0.0943. The molecule has 4 rings (SSSR count). The van der Waals surface area contributed by atoms with Gasteiger partial charge in [0.2, 0.25) is 5.89 Å². The van der Waals surface area contributed by atoms with Crippen LogP contribution in [0.25, 0.3) is 0 Å². The molecule has 31 heavy (non-hydrogen) atoms. The van der Waals surface area contributed by atoms with Crippen LogP contribution in [0.2, 0.25) is 0 Å². The molecule has 170 valence electrons. The van der Waals surface area contributed by atoms with Crippen molar-refractivity contribution in [2.75, 3.05) is 38.0 Å².